The van der Waals surface area contributed by atoms with Crippen molar-refractivity contribution in [2.24, 2.45) is 9.98 Å². The van der Waals surface area contributed by atoms with Crippen LogP contribution >= 0.6 is 12.4 Å². The van der Waals surface area contributed by atoms with Gasteiger partial charge in [0.25, 0.3) is 0 Å². The van der Waals surface area contributed by atoms with Gasteiger partial charge in [-0.05, 0) is 0 Å². The second-order valence-corrected chi connectivity index (χ2v) is 0.547. The van der Waals surface area contributed by atoms with Crippen molar-refractivity contribution >= 4 is 18.4 Å². The van der Waals surface area contributed by atoms with Gasteiger partial charge in [-0.2, -0.15) is 0 Å². The van der Waals surface area contributed by atoms with Gasteiger partial charge in [0.05, 0.1) is 6.01 Å². The summed E-state index contributed by atoms with van der Waals surface area (Å²) in [6, 6.07) is 2.36. The number of hydrogen-bond donors (Lipinski definition) is 0. The highest BCUT2D eigenvalue weighted by molar-refractivity contribution is 5.85. The largest absolute Gasteiger partial charge is 0.229 e. The van der Waals surface area contributed by atoms with Crippen LogP contribution in [-0.4, -0.2) is 20.1 Å². The van der Waals surface area contributed by atoms with Gasteiger partial charge < -0.3 is 0 Å². The summed E-state index contributed by atoms with van der Waals surface area (Å²) in [6.07, 6.45) is 0. The van der Waals surface area contributed by atoms with Crippen LogP contribution in [0.5, 0.6) is 0 Å². The summed E-state index contributed by atoms with van der Waals surface area (Å²) in [4.78, 5) is 6.88. The van der Waals surface area contributed by atoms with Crippen molar-refractivity contribution in [2.75, 3.05) is 14.1 Å². The molecule has 0 saturated carbocycles. The minimum Gasteiger partial charge on any atom is -0.229 e. The van der Waals surface area contributed by atoms with Gasteiger partial charge in [0.1, 0.15) is 0 Å². The molecule has 0 unspecified atom stereocenters. The van der Waals surface area contributed by atoms with Crippen LogP contribution in [0.3, 0.4) is 0 Å². The molecule has 6 heavy (non-hydrogen) atoms. The Labute approximate surface area is 43.4 Å². The van der Waals surface area contributed by atoms with Crippen molar-refractivity contribution in [1.82, 2.24) is 0 Å². The lowest BCUT2D eigenvalue weighted by atomic mass is 11.3. The highest BCUT2D eigenvalue weighted by atomic mass is 35.5. The molecule has 0 aromatic carbocycles. The number of rotatable bonds is 0. The molecule has 0 bridgehead atoms. The number of halogens is 1. The van der Waals surface area contributed by atoms with Gasteiger partial charge in [-0.1, -0.05) is 0 Å². The molecule has 0 aliphatic rings. The van der Waals surface area contributed by atoms with E-state index in [1.165, 1.54) is 0 Å². The average Bonchev–Trinajstić information content (AvgIpc) is 1.41. The Morgan fingerprint density at radius 3 is 1.50 bits per heavy atom. The van der Waals surface area contributed by atoms with Crippen LogP contribution in [0.2, 0.25) is 0 Å². The summed E-state index contributed by atoms with van der Waals surface area (Å²) in [7, 11) is 3.26. The van der Waals surface area contributed by atoms with E-state index >= 15 is 0 Å². The molecule has 0 radical (unpaired) electrons. The van der Waals surface area contributed by atoms with Gasteiger partial charge in [0, 0.05) is 14.1 Å². The van der Waals surface area contributed by atoms with Gasteiger partial charge in [-0.25, -0.2) is 9.98 Å². The molecule has 0 spiro atoms. The van der Waals surface area contributed by atoms with Gasteiger partial charge in [0.15, 0.2) is 0 Å². The fraction of sp³-hybridized carbons (Fsp3) is 0.667. The quantitative estimate of drug-likeness (QED) is 0.409. The summed E-state index contributed by atoms with van der Waals surface area (Å²) >= 11 is 0. The highest BCUT2D eigenvalue weighted by Gasteiger charge is 1.34. The summed E-state index contributed by atoms with van der Waals surface area (Å²) in [5.41, 5.74) is 0. The maximum Gasteiger partial charge on any atom is 0.0886 e. The molecule has 0 rings (SSSR count). The van der Waals surface area contributed by atoms with Crippen molar-refractivity contribution in [1.29, 1.82) is 0 Å². The van der Waals surface area contributed by atoms with Crippen LogP contribution in [-0.2, 0) is 0 Å². The van der Waals surface area contributed by atoms with E-state index < -0.39 is 0 Å². The molecule has 0 fully saturated rings. The fourth-order valence-corrected chi connectivity index (χ4v) is 0.100. The molecule has 0 aliphatic heterocycles. The second kappa shape index (κ2) is 8.82. The fourth-order valence-electron chi connectivity index (χ4n) is 0.100. The standard InChI is InChI=1S/C3H6N2.ClH/c1-4-3-5-2;/h1-2H3;1H. The molecule has 0 atom stereocenters. The van der Waals surface area contributed by atoms with Crippen LogP contribution in [0.25, 0.3) is 0 Å². The Morgan fingerprint density at radius 1 is 1.17 bits per heavy atom. The SMILES string of the molecule is CN=C=NC.Cl. The van der Waals surface area contributed by atoms with E-state index in [2.05, 4.69) is 16.0 Å². The van der Waals surface area contributed by atoms with E-state index in [-0.39, 0.29) is 12.4 Å². The lowest BCUT2D eigenvalue weighted by Gasteiger charge is -1.50. The predicted molar refractivity (Wildman–Crippen MR) is 29.0 cm³/mol. The molecular weight excluding hydrogens is 99.5 g/mol. The Balaban J connectivity index is 0. The Kier molecular flexibility index (Phi) is 13.5. The van der Waals surface area contributed by atoms with Crippen molar-refractivity contribution in [3.8, 4) is 0 Å². The van der Waals surface area contributed by atoms with Gasteiger partial charge in [-0.3, -0.25) is 0 Å². The zero-order valence-corrected chi connectivity index (χ0v) is 4.62. The van der Waals surface area contributed by atoms with Gasteiger partial charge in [-0.15, -0.1) is 12.4 Å². The third-order valence-corrected chi connectivity index (χ3v) is 0.200. The van der Waals surface area contributed by atoms with Crippen molar-refractivity contribution in [3.63, 3.8) is 0 Å². The predicted octanol–water partition coefficient (Wildman–Crippen LogP) is 0.842. The van der Waals surface area contributed by atoms with Crippen LogP contribution in [0, 0.1) is 0 Å². The summed E-state index contributed by atoms with van der Waals surface area (Å²) in [5.74, 6) is 0. The monoisotopic (exact) mass is 106 g/mol. The minimum atomic E-state index is 0. The first kappa shape index (κ1) is 9.18. The molecule has 3 heteroatoms. The third-order valence-electron chi connectivity index (χ3n) is 0.200. The Hall–Kier alpha value is -0.330. The Bertz CT molecular complexity index is 57.2. The third kappa shape index (κ3) is 9.38. The van der Waals surface area contributed by atoms with E-state index in [1.54, 1.807) is 14.1 Å². The molecule has 0 aromatic heterocycles. The first-order valence-electron chi connectivity index (χ1n) is 1.34. The smallest absolute Gasteiger partial charge is 0.0886 e. The zero-order chi connectivity index (χ0) is 4.12. The van der Waals surface area contributed by atoms with Crippen LogP contribution < -0.4 is 0 Å². The van der Waals surface area contributed by atoms with E-state index in [4.69, 9.17) is 0 Å². The number of nitrogens with zero attached hydrogens (tertiary/aromatic N) is 2. The molecule has 0 saturated heterocycles. The van der Waals surface area contributed by atoms with Crippen LogP contribution in [0.4, 0.5) is 0 Å². The van der Waals surface area contributed by atoms with Crippen LogP contribution in [0.1, 0.15) is 0 Å². The van der Waals surface area contributed by atoms with Crippen molar-refractivity contribution < 1.29 is 0 Å². The van der Waals surface area contributed by atoms with E-state index in [1.807, 2.05) is 0 Å². The van der Waals surface area contributed by atoms with Crippen molar-refractivity contribution in [3.05, 3.63) is 0 Å². The minimum absolute atomic E-state index is 0. The molecule has 0 aromatic rings. The summed E-state index contributed by atoms with van der Waals surface area (Å²) in [6.45, 7) is 0. The first-order chi connectivity index (χ1) is 2.41. The molecular formula is C3H7ClN2. The first-order valence-corrected chi connectivity index (χ1v) is 1.34. The molecule has 0 amide bonds. The summed E-state index contributed by atoms with van der Waals surface area (Å²) < 4.78 is 0. The van der Waals surface area contributed by atoms with E-state index in [0.717, 1.165) is 0 Å². The topological polar surface area (TPSA) is 24.7 Å². The maximum absolute atomic E-state index is 3.44. The average molecular weight is 107 g/mol. The van der Waals surface area contributed by atoms with Crippen LogP contribution in [0.15, 0.2) is 9.98 Å². The molecule has 2 nitrogen and oxygen atoms in total. The second-order valence-electron chi connectivity index (χ2n) is 0.547. The maximum atomic E-state index is 3.44. The molecule has 0 aliphatic carbocycles. The summed E-state index contributed by atoms with van der Waals surface area (Å²) in [5, 5.41) is 0. The lowest BCUT2D eigenvalue weighted by molar-refractivity contribution is 1.41. The van der Waals surface area contributed by atoms with Gasteiger partial charge in [0.2, 0.25) is 0 Å². The lowest BCUT2D eigenvalue weighted by Crippen LogP contribution is -1.46. The highest BCUT2D eigenvalue weighted by Crippen LogP contribution is 1.40. The normalized spacial score (nSPS) is 4.33. The Morgan fingerprint density at radius 2 is 1.50 bits per heavy atom. The number of aliphatic imine (C=N–C) groups is 2. The van der Waals surface area contributed by atoms with E-state index in [0.29, 0.717) is 0 Å². The van der Waals surface area contributed by atoms with Gasteiger partial charge >= 0.3 is 0 Å². The molecule has 0 N–H and O–H groups in total. The number of hydrogen-bond acceptors (Lipinski definition) is 2. The van der Waals surface area contributed by atoms with E-state index in [9.17, 15) is 0 Å². The molecule has 36 valence electrons. The zero-order valence-electron chi connectivity index (χ0n) is 3.80. The molecule has 0 heterocycles. The van der Waals surface area contributed by atoms with Crippen molar-refractivity contribution in [2.45, 2.75) is 0 Å².